The highest BCUT2D eigenvalue weighted by Gasteiger charge is 2.31. The van der Waals surface area contributed by atoms with Crippen LogP contribution in [0.3, 0.4) is 0 Å². The second-order valence-electron chi connectivity index (χ2n) is 7.12. The normalized spacial score (nSPS) is 15.4. The van der Waals surface area contributed by atoms with Crippen LogP contribution in [-0.4, -0.2) is 18.5 Å². The number of nitrogens with zero attached hydrogens (tertiary/aromatic N) is 2. The standard InChI is InChI=1S/C24H24N2O/c1-19-16-21-12-8-9-15-23(21)26(19)24(27)18-25(22-13-6-3-7-14-22)17-20-10-4-2-5-11-20/h2-15,19H,16-18H2,1H3. The zero-order valence-corrected chi connectivity index (χ0v) is 15.6. The molecule has 0 radical (unpaired) electrons. The highest BCUT2D eigenvalue weighted by Crippen LogP contribution is 2.32. The summed E-state index contributed by atoms with van der Waals surface area (Å²) in [6.07, 6.45) is 0.923. The number of rotatable bonds is 5. The van der Waals surface area contributed by atoms with Gasteiger partial charge in [0, 0.05) is 24.0 Å². The van der Waals surface area contributed by atoms with Crippen LogP contribution in [0.4, 0.5) is 11.4 Å². The number of anilines is 2. The zero-order valence-electron chi connectivity index (χ0n) is 15.6. The van der Waals surface area contributed by atoms with Crippen molar-refractivity contribution in [1.82, 2.24) is 0 Å². The number of carbonyl (C=O) groups excluding carboxylic acids is 1. The average molecular weight is 356 g/mol. The van der Waals surface area contributed by atoms with E-state index in [0.717, 1.165) is 17.8 Å². The van der Waals surface area contributed by atoms with E-state index >= 15 is 0 Å². The van der Waals surface area contributed by atoms with E-state index in [0.29, 0.717) is 13.1 Å². The van der Waals surface area contributed by atoms with Gasteiger partial charge in [0.25, 0.3) is 0 Å². The van der Waals surface area contributed by atoms with Crippen LogP contribution in [0.15, 0.2) is 84.9 Å². The molecule has 1 amide bonds. The molecule has 1 atom stereocenters. The lowest BCUT2D eigenvalue weighted by Crippen LogP contribution is -2.43. The molecule has 3 aromatic carbocycles. The number of hydrogen-bond acceptors (Lipinski definition) is 2. The summed E-state index contributed by atoms with van der Waals surface area (Å²) in [5, 5.41) is 0. The predicted molar refractivity (Wildman–Crippen MR) is 111 cm³/mol. The summed E-state index contributed by atoms with van der Waals surface area (Å²) in [6, 6.07) is 28.9. The summed E-state index contributed by atoms with van der Waals surface area (Å²) in [5.74, 6) is 0.146. The fraction of sp³-hybridized carbons (Fsp3) is 0.208. The molecular weight excluding hydrogens is 332 g/mol. The van der Waals surface area contributed by atoms with Gasteiger partial charge in [0.1, 0.15) is 0 Å². The highest BCUT2D eigenvalue weighted by atomic mass is 16.2. The zero-order chi connectivity index (χ0) is 18.6. The van der Waals surface area contributed by atoms with Gasteiger partial charge < -0.3 is 9.80 Å². The first-order chi connectivity index (χ1) is 13.2. The van der Waals surface area contributed by atoms with Crippen LogP contribution in [0, 0.1) is 0 Å². The molecule has 27 heavy (non-hydrogen) atoms. The molecule has 3 heteroatoms. The Kier molecular flexibility index (Phi) is 4.93. The van der Waals surface area contributed by atoms with Crippen LogP contribution in [0.2, 0.25) is 0 Å². The third-order valence-corrected chi connectivity index (χ3v) is 5.14. The van der Waals surface area contributed by atoms with Gasteiger partial charge in [-0.05, 0) is 42.7 Å². The number of hydrogen-bond donors (Lipinski definition) is 0. The van der Waals surface area contributed by atoms with E-state index in [1.807, 2.05) is 53.4 Å². The molecule has 0 N–H and O–H groups in total. The SMILES string of the molecule is CC1Cc2ccccc2N1C(=O)CN(Cc1ccccc1)c1ccccc1. The lowest BCUT2D eigenvalue weighted by Gasteiger charge is -2.29. The Morgan fingerprint density at radius 3 is 2.30 bits per heavy atom. The van der Waals surface area contributed by atoms with Crippen LogP contribution in [0.25, 0.3) is 0 Å². The Morgan fingerprint density at radius 2 is 1.56 bits per heavy atom. The van der Waals surface area contributed by atoms with Crippen molar-refractivity contribution in [1.29, 1.82) is 0 Å². The molecule has 3 nitrogen and oxygen atoms in total. The van der Waals surface area contributed by atoms with Crippen molar-refractivity contribution in [2.75, 3.05) is 16.3 Å². The molecule has 1 aliphatic heterocycles. The van der Waals surface area contributed by atoms with E-state index in [-0.39, 0.29) is 11.9 Å². The predicted octanol–water partition coefficient (Wildman–Crippen LogP) is 4.67. The van der Waals surface area contributed by atoms with Crippen molar-refractivity contribution >= 4 is 17.3 Å². The number of benzene rings is 3. The highest BCUT2D eigenvalue weighted by molar-refractivity contribution is 5.98. The van der Waals surface area contributed by atoms with Crippen molar-refractivity contribution in [2.24, 2.45) is 0 Å². The molecule has 1 aliphatic rings. The van der Waals surface area contributed by atoms with E-state index in [9.17, 15) is 4.79 Å². The molecule has 0 aromatic heterocycles. The van der Waals surface area contributed by atoms with Crippen LogP contribution in [-0.2, 0) is 17.8 Å². The molecule has 1 unspecified atom stereocenters. The largest absolute Gasteiger partial charge is 0.358 e. The summed E-state index contributed by atoms with van der Waals surface area (Å²) in [4.78, 5) is 17.4. The fourth-order valence-corrected chi connectivity index (χ4v) is 3.87. The van der Waals surface area contributed by atoms with Crippen LogP contribution >= 0.6 is 0 Å². The number of amides is 1. The van der Waals surface area contributed by atoms with Crippen molar-refractivity contribution in [2.45, 2.75) is 25.9 Å². The Hall–Kier alpha value is -3.07. The molecule has 0 fully saturated rings. The van der Waals surface area contributed by atoms with Gasteiger partial charge >= 0.3 is 0 Å². The summed E-state index contributed by atoms with van der Waals surface area (Å²) in [5.41, 5.74) is 4.58. The number of carbonyl (C=O) groups is 1. The molecule has 1 heterocycles. The van der Waals surface area contributed by atoms with Gasteiger partial charge in [-0.25, -0.2) is 0 Å². The fourth-order valence-electron chi connectivity index (χ4n) is 3.87. The summed E-state index contributed by atoms with van der Waals surface area (Å²) < 4.78 is 0. The van der Waals surface area contributed by atoms with Crippen LogP contribution in [0.5, 0.6) is 0 Å². The molecule has 0 spiro atoms. The average Bonchev–Trinajstić information content (AvgIpc) is 3.04. The van der Waals surface area contributed by atoms with Gasteiger partial charge in [0.2, 0.25) is 5.91 Å². The van der Waals surface area contributed by atoms with Gasteiger partial charge in [-0.3, -0.25) is 4.79 Å². The van der Waals surface area contributed by atoms with E-state index in [1.165, 1.54) is 11.1 Å². The van der Waals surface area contributed by atoms with Crippen molar-refractivity contribution in [3.63, 3.8) is 0 Å². The van der Waals surface area contributed by atoms with Crippen LogP contribution < -0.4 is 9.80 Å². The Balaban J connectivity index is 1.59. The lowest BCUT2D eigenvalue weighted by molar-refractivity contribution is -0.117. The molecule has 0 aliphatic carbocycles. The second kappa shape index (κ2) is 7.67. The Morgan fingerprint density at radius 1 is 0.926 bits per heavy atom. The maximum atomic E-state index is 13.3. The monoisotopic (exact) mass is 356 g/mol. The summed E-state index contributed by atoms with van der Waals surface area (Å²) >= 11 is 0. The summed E-state index contributed by atoms with van der Waals surface area (Å²) in [7, 11) is 0. The van der Waals surface area contributed by atoms with Crippen molar-refractivity contribution in [3.8, 4) is 0 Å². The summed E-state index contributed by atoms with van der Waals surface area (Å²) in [6.45, 7) is 3.19. The third-order valence-electron chi connectivity index (χ3n) is 5.14. The van der Waals surface area contributed by atoms with E-state index in [2.05, 4.69) is 48.2 Å². The smallest absolute Gasteiger partial charge is 0.246 e. The molecule has 0 bridgehead atoms. The van der Waals surface area contributed by atoms with Gasteiger partial charge in [0.05, 0.1) is 6.54 Å². The van der Waals surface area contributed by atoms with Gasteiger partial charge in [-0.1, -0.05) is 66.7 Å². The van der Waals surface area contributed by atoms with Gasteiger partial charge in [0.15, 0.2) is 0 Å². The van der Waals surface area contributed by atoms with Crippen LogP contribution in [0.1, 0.15) is 18.1 Å². The quantitative estimate of drug-likeness (QED) is 0.663. The first-order valence-electron chi connectivity index (χ1n) is 9.46. The minimum atomic E-state index is 0.146. The molecule has 0 saturated carbocycles. The molecule has 0 saturated heterocycles. The molecule has 4 rings (SSSR count). The number of para-hydroxylation sites is 2. The van der Waals surface area contributed by atoms with E-state index < -0.39 is 0 Å². The molecule has 136 valence electrons. The topological polar surface area (TPSA) is 23.6 Å². The second-order valence-corrected chi connectivity index (χ2v) is 7.12. The minimum absolute atomic E-state index is 0.146. The Bertz CT molecular complexity index is 908. The minimum Gasteiger partial charge on any atom is -0.358 e. The van der Waals surface area contributed by atoms with Crippen molar-refractivity contribution in [3.05, 3.63) is 96.1 Å². The first-order valence-corrected chi connectivity index (χ1v) is 9.46. The Labute approximate surface area is 160 Å². The van der Waals surface area contributed by atoms with Gasteiger partial charge in [-0.2, -0.15) is 0 Å². The van der Waals surface area contributed by atoms with Crippen molar-refractivity contribution < 1.29 is 4.79 Å². The first kappa shape index (κ1) is 17.3. The van der Waals surface area contributed by atoms with E-state index in [4.69, 9.17) is 0 Å². The molecular formula is C24H24N2O. The maximum Gasteiger partial charge on any atom is 0.246 e. The van der Waals surface area contributed by atoms with Gasteiger partial charge in [-0.15, -0.1) is 0 Å². The number of fused-ring (bicyclic) bond motifs is 1. The molecule has 3 aromatic rings. The third kappa shape index (κ3) is 3.72. The maximum absolute atomic E-state index is 13.3. The van der Waals surface area contributed by atoms with E-state index in [1.54, 1.807) is 0 Å². The lowest BCUT2D eigenvalue weighted by atomic mass is 10.1.